The van der Waals surface area contributed by atoms with Crippen LogP contribution in [-0.2, 0) is 27.2 Å². The van der Waals surface area contributed by atoms with Crippen LogP contribution >= 0.6 is 0 Å². The zero-order valence-corrected chi connectivity index (χ0v) is 22.9. The molecule has 0 aromatic heterocycles. The molecule has 2 aromatic carbocycles. The van der Waals surface area contributed by atoms with E-state index < -0.39 is 59.9 Å². The van der Waals surface area contributed by atoms with Gasteiger partial charge in [0.25, 0.3) is 0 Å². The van der Waals surface area contributed by atoms with Crippen molar-refractivity contribution in [1.82, 2.24) is 10.6 Å². The van der Waals surface area contributed by atoms with Crippen molar-refractivity contribution in [3.8, 4) is 5.75 Å². The van der Waals surface area contributed by atoms with E-state index >= 15 is 0 Å². The number of hydrogen-bond donors (Lipinski definition) is 2. The van der Waals surface area contributed by atoms with Crippen molar-refractivity contribution in [2.75, 3.05) is 4.90 Å². The van der Waals surface area contributed by atoms with Crippen molar-refractivity contribution in [1.29, 1.82) is 0 Å². The molecule has 0 saturated carbocycles. The van der Waals surface area contributed by atoms with Gasteiger partial charge in [-0.1, -0.05) is 24.3 Å². The van der Waals surface area contributed by atoms with Gasteiger partial charge in [0.05, 0.1) is 5.69 Å². The number of ether oxygens (including phenoxy) is 2. The quantitative estimate of drug-likeness (QED) is 0.458. The first-order chi connectivity index (χ1) is 18.5. The third-order valence-electron chi connectivity index (χ3n) is 6.01. The second-order valence-electron chi connectivity index (χ2n) is 10.7. The van der Waals surface area contributed by atoms with Gasteiger partial charge >= 0.3 is 12.5 Å². The maximum Gasteiger partial charge on any atom is 0.573 e. The summed E-state index contributed by atoms with van der Waals surface area (Å²) in [4.78, 5) is 41.0. The molecule has 12 heteroatoms. The minimum Gasteiger partial charge on any atom is -0.444 e. The molecule has 0 spiro atoms. The zero-order chi connectivity index (χ0) is 29.8. The summed E-state index contributed by atoms with van der Waals surface area (Å²) in [6.07, 6.45) is -5.81. The van der Waals surface area contributed by atoms with Crippen LogP contribution in [-0.4, -0.2) is 48.0 Å². The molecule has 3 amide bonds. The SMILES string of the molecule is CC(C)N1C(=O)C(NC(=O)C(Cc2ccccc2OC(F)(F)F)NC(=O)OC(C)(C)C)CCc2ccc(F)cc21. The van der Waals surface area contributed by atoms with Crippen LogP contribution in [0.5, 0.6) is 5.75 Å². The molecular weight excluding hydrogens is 534 g/mol. The Hall–Kier alpha value is -3.83. The second-order valence-corrected chi connectivity index (χ2v) is 10.7. The van der Waals surface area contributed by atoms with Crippen LogP contribution in [0.25, 0.3) is 0 Å². The molecule has 0 saturated heterocycles. The average Bonchev–Trinajstić information content (AvgIpc) is 2.93. The lowest BCUT2D eigenvalue weighted by atomic mass is 10.0. The fourth-order valence-corrected chi connectivity index (χ4v) is 4.40. The van der Waals surface area contributed by atoms with E-state index in [0.717, 1.165) is 11.6 Å². The summed E-state index contributed by atoms with van der Waals surface area (Å²) in [6, 6.07) is 6.54. The number of para-hydroxylation sites is 1. The number of alkyl carbamates (subject to hydrolysis) is 1. The van der Waals surface area contributed by atoms with E-state index in [2.05, 4.69) is 15.4 Å². The molecule has 0 fully saturated rings. The summed E-state index contributed by atoms with van der Waals surface area (Å²) in [5, 5.41) is 5.05. The van der Waals surface area contributed by atoms with Gasteiger partial charge < -0.3 is 25.0 Å². The maximum atomic E-state index is 14.0. The van der Waals surface area contributed by atoms with Crippen LogP contribution < -0.4 is 20.3 Å². The summed E-state index contributed by atoms with van der Waals surface area (Å²) in [7, 11) is 0. The molecular formula is C28H33F4N3O5. The van der Waals surface area contributed by atoms with Crippen molar-refractivity contribution >= 4 is 23.6 Å². The monoisotopic (exact) mass is 567 g/mol. The molecule has 8 nitrogen and oxygen atoms in total. The van der Waals surface area contributed by atoms with Gasteiger partial charge in [0, 0.05) is 12.5 Å². The molecule has 2 atom stereocenters. The highest BCUT2D eigenvalue weighted by Crippen LogP contribution is 2.30. The summed E-state index contributed by atoms with van der Waals surface area (Å²) in [5.74, 6) is -2.34. The minimum atomic E-state index is -4.98. The first-order valence-electron chi connectivity index (χ1n) is 12.8. The lowest BCUT2D eigenvalue weighted by Gasteiger charge is -2.30. The van der Waals surface area contributed by atoms with Crippen molar-refractivity contribution in [3.05, 3.63) is 59.4 Å². The molecule has 3 rings (SSSR count). The molecule has 1 heterocycles. The number of carbonyl (C=O) groups excluding carboxylic acids is 3. The predicted molar refractivity (Wildman–Crippen MR) is 139 cm³/mol. The van der Waals surface area contributed by atoms with Crippen LogP contribution in [0.2, 0.25) is 0 Å². The number of rotatable bonds is 7. The van der Waals surface area contributed by atoms with Gasteiger partial charge in [0.15, 0.2) is 0 Å². The number of nitrogens with one attached hydrogen (secondary N) is 2. The van der Waals surface area contributed by atoms with Crippen LogP contribution in [0.4, 0.5) is 28.0 Å². The van der Waals surface area contributed by atoms with E-state index in [1.54, 1.807) is 40.7 Å². The molecule has 2 unspecified atom stereocenters. The first-order valence-corrected chi connectivity index (χ1v) is 12.8. The zero-order valence-electron chi connectivity index (χ0n) is 22.9. The Morgan fingerprint density at radius 2 is 1.77 bits per heavy atom. The Bertz CT molecular complexity index is 1240. The first kappa shape index (κ1) is 30.7. The number of nitrogens with zero attached hydrogens (tertiary/aromatic N) is 1. The molecule has 218 valence electrons. The minimum absolute atomic E-state index is 0.00471. The molecule has 2 aromatic rings. The number of halogens is 4. The van der Waals surface area contributed by atoms with Crippen molar-refractivity contribution in [2.45, 2.75) is 84.0 Å². The summed E-state index contributed by atoms with van der Waals surface area (Å²) < 4.78 is 62.4. The number of fused-ring (bicyclic) bond motifs is 1. The fraction of sp³-hybridized carbons (Fsp3) is 0.464. The van der Waals surface area contributed by atoms with Crippen LogP contribution in [0.3, 0.4) is 0 Å². The Labute approximate surface area is 230 Å². The van der Waals surface area contributed by atoms with Gasteiger partial charge in [0.2, 0.25) is 11.8 Å². The molecule has 0 aliphatic carbocycles. The molecule has 1 aliphatic heterocycles. The van der Waals surface area contributed by atoms with Crippen LogP contribution in [0.15, 0.2) is 42.5 Å². The Balaban J connectivity index is 1.89. The van der Waals surface area contributed by atoms with Crippen molar-refractivity contribution in [3.63, 3.8) is 0 Å². The van der Waals surface area contributed by atoms with Gasteiger partial charge in [0.1, 0.15) is 29.3 Å². The topological polar surface area (TPSA) is 97.0 Å². The lowest BCUT2D eigenvalue weighted by molar-refractivity contribution is -0.274. The second kappa shape index (κ2) is 12.1. The highest BCUT2D eigenvalue weighted by molar-refractivity contribution is 6.01. The predicted octanol–water partition coefficient (Wildman–Crippen LogP) is 5.03. The molecule has 2 N–H and O–H groups in total. The number of benzene rings is 2. The number of amides is 3. The third-order valence-corrected chi connectivity index (χ3v) is 6.01. The number of aryl methyl sites for hydroxylation is 1. The molecule has 40 heavy (non-hydrogen) atoms. The maximum absolute atomic E-state index is 14.0. The highest BCUT2D eigenvalue weighted by atomic mass is 19.4. The third kappa shape index (κ3) is 8.33. The number of hydrogen-bond acceptors (Lipinski definition) is 5. The summed E-state index contributed by atoms with van der Waals surface area (Å²) >= 11 is 0. The number of anilines is 1. The van der Waals surface area contributed by atoms with Gasteiger partial charge in [-0.3, -0.25) is 9.59 Å². The normalized spacial score (nSPS) is 16.6. The van der Waals surface area contributed by atoms with Gasteiger partial charge in [-0.25, -0.2) is 9.18 Å². The summed E-state index contributed by atoms with van der Waals surface area (Å²) in [5.41, 5.74) is 0.202. The Morgan fingerprint density at radius 3 is 2.40 bits per heavy atom. The van der Waals surface area contributed by atoms with Gasteiger partial charge in [-0.2, -0.15) is 0 Å². The van der Waals surface area contributed by atoms with E-state index in [9.17, 15) is 31.9 Å². The lowest BCUT2D eigenvalue weighted by Crippen LogP contribution is -2.56. The van der Waals surface area contributed by atoms with E-state index in [1.165, 1.54) is 35.2 Å². The van der Waals surface area contributed by atoms with E-state index in [-0.39, 0.29) is 18.0 Å². The van der Waals surface area contributed by atoms with Gasteiger partial charge in [-0.05, 0) is 76.8 Å². The number of alkyl halides is 3. The van der Waals surface area contributed by atoms with E-state index in [0.29, 0.717) is 12.1 Å². The molecule has 0 bridgehead atoms. The summed E-state index contributed by atoms with van der Waals surface area (Å²) in [6.45, 7) is 8.33. The Morgan fingerprint density at radius 1 is 1.10 bits per heavy atom. The average molecular weight is 568 g/mol. The smallest absolute Gasteiger partial charge is 0.444 e. The van der Waals surface area contributed by atoms with E-state index in [4.69, 9.17) is 4.74 Å². The largest absolute Gasteiger partial charge is 0.573 e. The standard InChI is InChI=1S/C28H33F4N3O5/c1-16(2)35-22-15-19(29)12-10-17(22)11-13-20(25(35)37)33-24(36)21(34-26(38)40-27(3,4)5)14-18-8-6-7-9-23(18)39-28(30,31)32/h6-10,12,15-16,20-21H,11,13-14H2,1-5H3,(H,33,36)(H,34,38). The highest BCUT2D eigenvalue weighted by Gasteiger charge is 2.36. The fourth-order valence-electron chi connectivity index (χ4n) is 4.40. The van der Waals surface area contributed by atoms with Crippen molar-refractivity contribution in [2.24, 2.45) is 0 Å². The van der Waals surface area contributed by atoms with Crippen molar-refractivity contribution < 1.29 is 41.4 Å². The number of carbonyl (C=O) groups is 3. The molecule has 0 radical (unpaired) electrons. The van der Waals surface area contributed by atoms with Crippen LogP contribution in [0.1, 0.15) is 52.2 Å². The van der Waals surface area contributed by atoms with Gasteiger partial charge in [-0.15, -0.1) is 13.2 Å². The molecule has 1 aliphatic rings. The van der Waals surface area contributed by atoms with E-state index in [1.807, 2.05) is 0 Å². The van der Waals surface area contributed by atoms with Crippen LogP contribution in [0, 0.1) is 5.82 Å². The Kier molecular flexibility index (Phi) is 9.32.